The summed E-state index contributed by atoms with van der Waals surface area (Å²) in [6, 6.07) is 5.31. The number of hydrogen-bond acceptors (Lipinski definition) is 7. The van der Waals surface area contributed by atoms with Crippen LogP contribution in [0.4, 0.5) is 13.2 Å². The van der Waals surface area contributed by atoms with Crippen LogP contribution >= 0.6 is 7.82 Å². The zero-order valence-corrected chi connectivity index (χ0v) is 24.5. The van der Waals surface area contributed by atoms with Gasteiger partial charge in [0.1, 0.15) is 17.5 Å². The van der Waals surface area contributed by atoms with Gasteiger partial charge in [-0.25, -0.2) is 17.7 Å². The van der Waals surface area contributed by atoms with Gasteiger partial charge in [-0.2, -0.15) is 4.57 Å². The number of rotatable bonds is 7. The predicted molar refractivity (Wildman–Crippen MR) is 142 cm³/mol. The molecule has 0 bridgehead atoms. The Balaban J connectivity index is 1.47. The fraction of sp³-hybridized carbons (Fsp3) is 0.357. The number of amides is 1. The molecule has 3 aromatic rings. The summed E-state index contributed by atoms with van der Waals surface area (Å²) in [6.45, 7) is 4.89. The topological polar surface area (TPSA) is 126 Å². The minimum atomic E-state index is -4.91. The smallest absolute Gasteiger partial charge is 0.290 e. The maximum absolute atomic E-state index is 14.1. The number of carbonyl (C=O) groups excluding carboxylic acids is 1. The average Bonchev–Trinajstić information content (AvgIpc) is 3.32. The Labute approximate surface area is 244 Å². The van der Waals surface area contributed by atoms with Crippen LogP contribution in [-0.2, 0) is 30.1 Å². The second kappa shape index (κ2) is 11.4. The van der Waals surface area contributed by atoms with Crippen molar-refractivity contribution in [3.63, 3.8) is 0 Å². The van der Waals surface area contributed by atoms with Gasteiger partial charge in [-0.3, -0.25) is 13.9 Å². The number of aromatic nitrogens is 2. The number of nitrogens with zero attached hydrogens (tertiary/aromatic N) is 3. The third-order valence-electron chi connectivity index (χ3n) is 7.42. The summed E-state index contributed by atoms with van der Waals surface area (Å²) in [7, 11) is -3.46. The lowest BCUT2D eigenvalue weighted by Crippen LogP contribution is -2.64. The van der Waals surface area contributed by atoms with Crippen LogP contribution in [0, 0.1) is 24.4 Å². The van der Waals surface area contributed by atoms with Crippen LogP contribution in [0.5, 0.6) is 5.75 Å². The lowest BCUT2D eigenvalue weighted by atomic mass is 9.90. The molecule has 1 aromatic heterocycles. The summed E-state index contributed by atoms with van der Waals surface area (Å²) in [6.07, 6.45) is 4.77. The number of fused-ring (bicyclic) bond motifs is 1. The van der Waals surface area contributed by atoms with Crippen molar-refractivity contribution in [2.45, 2.75) is 45.2 Å². The van der Waals surface area contributed by atoms with E-state index in [0.717, 1.165) is 12.1 Å². The van der Waals surface area contributed by atoms with Gasteiger partial charge in [0.2, 0.25) is 0 Å². The van der Waals surface area contributed by atoms with Crippen LogP contribution in [0.2, 0.25) is 0 Å². The van der Waals surface area contributed by atoms with Gasteiger partial charge in [0.15, 0.2) is 41.4 Å². The number of ether oxygens (including phenoxy) is 3. The van der Waals surface area contributed by atoms with Crippen LogP contribution in [0.25, 0.3) is 11.8 Å². The Kier molecular flexibility index (Phi) is 8.18. The monoisotopic (exact) mass is 623 g/mol. The van der Waals surface area contributed by atoms with Crippen LogP contribution < -0.4 is 14.2 Å². The molecule has 230 valence electrons. The van der Waals surface area contributed by atoms with Gasteiger partial charge < -0.3 is 28.9 Å². The maximum Gasteiger partial charge on any atom is 0.290 e. The molecule has 2 aromatic carbocycles. The molecule has 0 aliphatic carbocycles. The van der Waals surface area contributed by atoms with Gasteiger partial charge in [0.05, 0.1) is 32.4 Å². The van der Waals surface area contributed by atoms with Gasteiger partial charge in [-0.05, 0) is 55.3 Å². The molecule has 3 heterocycles. The Morgan fingerprint density at radius 3 is 2.56 bits per heavy atom. The van der Waals surface area contributed by atoms with Crippen molar-refractivity contribution in [1.82, 2.24) is 9.47 Å². The number of aryl methyl sites for hydroxylation is 1. The number of imidazole rings is 1. The summed E-state index contributed by atoms with van der Waals surface area (Å²) in [4.78, 5) is 35.2. The first kappa shape index (κ1) is 30.8. The molecule has 15 heteroatoms. The third kappa shape index (κ3) is 6.20. The minimum Gasteiger partial charge on any atom is -0.756 e. The molecule has 2 saturated heterocycles. The van der Waals surface area contributed by atoms with Crippen molar-refractivity contribution in [3.05, 3.63) is 82.9 Å². The van der Waals surface area contributed by atoms with E-state index in [-0.39, 0.29) is 24.5 Å². The molecule has 1 amide bonds. The number of morpholine rings is 2. The molecule has 2 aliphatic heterocycles. The lowest BCUT2D eigenvalue weighted by Gasteiger charge is -2.52. The highest BCUT2D eigenvalue weighted by atomic mass is 31.2. The molecule has 11 nitrogen and oxygen atoms in total. The number of phosphoric acid groups is 1. The maximum atomic E-state index is 14.1. The fourth-order valence-electron chi connectivity index (χ4n) is 5.23. The first-order valence-corrected chi connectivity index (χ1v) is 14.6. The number of methoxy groups -OCH3 is 1. The summed E-state index contributed by atoms with van der Waals surface area (Å²) in [5.74, 6) is -4.49. The second-order valence-electron chi connectivity index (χ2n) is 10.7. The molecule has 3 atom stereocenters. The standard InChI is InChI=1S/C28H29F3N3O8P/c1-16-11-32(14-33(16)15-41-43(36,37)38)21-6-5-17(7-23(21)39-4)8-24-27(35)34-22(12-40-13-25(34)28(2,3)42-24)18-9-19(29)26(31)20(30)10-18/h5-11,14,22,25H,12-13,15H2,1-4H3,(H-,36,37,38)/b24-8-/t22-,25+/m0/s1. The van der Waals surface area contributed by atoms with Crippen molar-refractivity contribution >= 4 is 19.8 Å². The summed E-state index contributed by atoms with van der Waals surface area (Å²) >= 11 is 0. The highest BCUT2D eigenvalue weighted by Crippen LogP contribution is 2.40. The van der Waals surface area contributed by atoms with Gasteiger partial charge >= 0.3 is 0 Å². The molecule has 1 unspecified atom stereocenters. The van der Waals surface area contributed by atoms with Crippen LogP contribution in [0.1, 0.15) is 36.7 Å². The van der Waals surface area contributed by atoms with Crippen molar-refractivity contribution < 1.29 is 55.6 Å². The Morgan fingerprint density at radius 1 is 1.21 bits per heavy atom. The Morgan fingerprint density at radius 2 is 1.91 bits per heavy atom. The van der Waals surface area contributed by atoms with Gasteiger partial charge in [0, 0.05) is 6.92 Å². The van der Waals surface area contributed by atoms with E-state index < -0.39 is 55.6 Å². The molecule has 2 fully saturated rings. The van der Waals surface area contributed by atoms with E-state index in [9.17, 15) is 27.4 Å². The zero-order chi connectivity index (χ0) is 31.3. The average molecular weight is 624 g/mol. The number of carbonyl (C=O) groups is 1. The summed E-state index contributed by atoms with van der Waals surface area (Å²) in [5, 5.41) is 0. The highest BCUT2D eigenvalue weighted by Gasteiger charge is 2.51. The molecular formula is C28H29F3N3O8P. The minimum absolute atomic E-state index is 0.0242. The zero-order valence-electron chi connectivity index (χ0n) is 23.6. The van der Waals surface area contributed by atoms with Crippen molar-refractivity contribution in [3.8, 4) is 11.4 Å². The predicted octanol–water partition coefficient (Wildman–Crippen LogP) is 3.05. The number of phosphoric ester groups is 1. The normalized spacial score (nSPS) is 22.2. The van der Waals surface area contributed by atoms with Gasteiger partial charge in [0.25, 0.3) is 20.1 Å². The molecule has 5 rings (SSSR count). The van der Waals surface area contributed by atoms with E-state index in [4.69, 9.17) is 19.1 Å². The molecular weight excluding hydrogens is 594 g/mol. The first-order valence-electron chi connectivity index (χ1n) is 13.1. The number of benzene rings is 2. The van der Waals surface area contributed by atoms with E-state index in [2.05, 4.69) is 4.52 Å². The van der Waals surface area contributed by atoms with E-state index in [1.165, 1.54) is 22.7 Å². The van der Waals surface area contributed by atoms with E-state index in [1.54, 1.807) is 56.1 Å². The highest BCUT2D eigenvalue weighted by molar-refractivity contribution is 7.44. The van der Waals surface area contributed by atoms with E-state index >= 15 is 0 Å². The molecule has 0 radical (unpaired) electrons. The summed E-state index contributed by atoms with van der Waals surface area (Å²) < 4.78 is 77.9. The third-order valence-corrected chi connectivity index (χ3v) is 7.86. The van der Waals surface area contributed by atoms with E-state index in [0.29, 0.717) is 22.7 Å². The summed E-state index contributed by atoms with van der Waals surface area (Å²) in [5.41, 5.74) is 0.834. The fourth-order valence-corrected chi connectivity index (χ4v) is 5.50. The van der Waals surface area contributed by atoms with Crippen LogP contribution in [0.15, 0.2) is 48.6 Å². The lowest BCUT2D eigenvalue weighted by molar-refractivity contribution is -0.596. The first-order chi connectivity index (χ1) is 20.2. The molecule has 43 heavy (non-hydrogen) atoms. The van der Waals surface area contributed by atoms with Crippen LogP contribution in [-0.4, -0.2) is 52.2 Å². The molecule has 0 saturated carbocycles. The molecule has 1 N–H and O–H groups in total. The number of hydrogen-bond donors (Lipinski definition) is 1. The van der Waals surface area contributed by atoms with Crippen molar-refractivity contribution in [1.29, 1.82) is 0 Å². The number of halogens is 3. The SMILES string of the molecule is COc1cc(/C=C2\OC(C)(C)[C@H]3COC[C@@H](c4cc(F)c(F)c(F)c4)N3C2=O)ccc1-[n+]1cc(C)n(COP(=O)([O-])O)c1. The largest absolute Gasteiger partial charge is 0.756 e. The van der Waals surface area contributed by atoms with Gasteiger partial charge in [-0.15, -0.1) is 0 Å². The second-order valence-corrected chi connectivity index (χ2v) is 11.9. The Hall–Kier alpha value is -3.68. The molecule has 2 aliphatic rings. The van der Waals surface area contributed by atoms with Crippen molar-refractivity contribution in [2.24, 2.45) is 0 Å². The van der Waals surface area contributed by atoms with Crippen LogP contribution in [0.3, 0.4) is 0 Å². The van der Waals surface area contributed by atoms with Crippen molar-refractivity contribution in [2.75, 3.05) is 20.3 Å². The molecule has 0 spiro atoms. The quantitative estimate of drug-likeness (QED) is 0.184. The van der Waals surface area contributed by atoms with Gasteiger partial charge in [-0.1, -0.05) is 6.07 Å². The Bertz CT molecular complexity index is 1630. The van der Waals surface area contributed by atoms with E-state index in [1.807, 2.05) is 0 Å².